The number of aliphatic hydroxyl groups excluding tert-OH is 1. The number of aliphatic hydroxyl groups is 1. The quantitative estimate of drug-likeness (QED) is 0.446. The Labute approximate surface area is 185 Å². The van der Waals surface area contributed by atoms with E-state index in [0.717, 1.165) is 54.0 Å². The molecule has 31 heavy (non-hydrogen) atoms. The minimum Gasteiger partial charge on any atom is -0.508 e. The van der Waals surface area contributed by atoms with Crippen LogP contribution in [0.1, 0.15) is 69.4 Å². The number of benzene rings is 2. The summed E-state index contributed by atoms with van der Waals surface area (Å²) in [4.78, 5) is 0. The molecular formula is C28H33FO2. The van der Waals surface area contributed by atoms with Gasteiger partial charge in [-0.1, -0.05) is 68.7 Å². The molecule has 0 spiro atoms. The summed E-state index contributed by atoms with van der Waals surface area (Å²) < 4.78 is 14.4. The highest BCUT2D eigenvalue weighted by atomic mass is 19.1. The fourth-order valence-electron chi connectivity index (χ4n) is 5.99. The maximum atomic E-state index is 14.4. The van der Waals surface area contributed by atoms with Crippen LogP contribution >= 0.6 is 0 Å². The van der Waals surface area contributed by atoms with E-state index in [0.29, 0.717) is 6.42 Å². The number of phenols is 1. The summed E-state index contributed by atoms with van der Waals surface area (Å²) in [5.41, 5.74) is 4.75. The fraction of sp³-hybridized carbons (Fsp3) is 0.429. The van der Waals surface area contributed by atoms with E-state index in [1.54, 1.807) is 6.07 Å². The van der Waals surface area contributed by atoms with Crippen LogP contribution in [0.5, 0.6) is 5.75 Å². The summed E-state index contributed by atoms with van der Waals surface area (Å²) in [5, 5.41) is 21.2. The van der Waals surface area contributed by atoms with Gasteiger partial charge in [-0.2, -0.15) is 0 Å². The van der Waals surface area contributed by atoms with Crippen LogP contribution in [0.25, 0.3) is 11.1 Å². The molecule has 3 atom stereocenters. The summed E-state index contributed by atoms with van der Waals surface area (Å²) in [6.07, 6.45) is 7.50. The molecule has 3 unspecified atom stereocenters. The summed E-state index contributed by atoms with van der Waals surface area (Å²) in [6, 6.07) is 14.5. The van der Waals surface area contributed by atoms with Crippen LogP contribution in [0, 0.1) is 17.2 Å². The van der Waals surface area contributed by atoms with Crippen molar-refractivity contribution in [2.45, 2.75) is 64.4 Å². The third-order valence-electron chi connectivity index (χ3n) is 7.36. The molecule has 0 aromatic heterocycles. The molecular weight excluding hydrogens is 387 g/mol. The normalized spacial score (nSPS) is 25.1. The van der Waals surface area contributed by atoms with Gasteiger partial charge in [-0.15, -0.1) is 0 Å². The Morgan fingerprint density at radius 3 is 2.61 bits per heavy atom. The Morgan fingerprint density at radius 2 is 1.90 bits per heavy atom. The number of halogens is 1. The number of phenolic OH excluding ortho intramolecular Hbond substituents is 1. The molecule has 2 nitrogen and oxygen atoms in total. The highest BCUT2D eigenvalue weighted by molar-refractivity contribution is 5.90. The van der Waals surface area contributed by atoms with Crippen molar-refractivity contribution in [2.75, 3.05) is 0 Å². The Morgan fingerprint density at radius 1 is 1.13 bits per heavy atom. The average Bonchev–Trinajstić information content (AvgIpc) is 3.25. The topological polar surface area (TPSA) is 40.5 Å². The van der Waals surface area contributed by atoms with Gasteiger partial charge in [-0.3, -0.25) is 0 Å². The molecule has 164 valence electrons. The van der Waals surface area contributed by atoms with Crippen molar-refractivity contribution in [3.63, 3.8) is 0 Å². The van der Waals surface area contributed by atoms with E-state index >= 15 is 0 Å². The maximum absolute atomic E-state index is 14.4. The zero-order valence-corrected chi connectivity index (χ0v) is 18.4. The van der Waals surface area contributed by atoms with Crippen LogP contribution in [-0.2, 0) is 0 Å². The number of allylic oxidation sites excluding steroid dienone is 3. The summed E-state index contributed by atoms with van der Waals surface area (Å²) in [5.74, 6) is -0.451. The first kappa shape index (κ1) is 21.8. The van der Waals surface area contributed by atoms with E-state index in [1.807, 2.05) is 18.2 Å². The first-order valence-corrected chi connectivity index (χ1v) is 11.6. The van der Waals surface area contributed by atoms with E-state index in [2.05, 4.69) is 25.6 Å². The summed E-state index contributed by atoms with van der Waals surface area (Å²) in [6.45, 7) is 6.74. The Bertz CT molecular complexity index is 958. The number of unbranched alkanes of at least 4 members (excludes halogenated alkanes) is 3. The van der Waals surface area contributed by atoms with Crippen molar-refractivity contribution in [1.29, 1.82) is 0 Å². The minimum absolute atomic E-state index is 0.0433. The fourth-order valence-corrected chi connectivity index (χ4v) is 5.99. The first-order valence-electron chi connectivity index (χ1n) is 11.6. The monoisotopic (exact) mass is 420 g/mol. The van der Waals surface area contributed by atoms with E-state index in [4.69, 9.17) is 0 Å². The van der Waals surface area contributed by atoms with Gasteiger partial charge in [-0.25, -0.2) is 4.39 Å². The number of aromatic hydroxyl groups is 1. The largest absolute Gasteiger partial charge is 0.508 e. The molecule has 0 amide bonds. The van der Waals surface area contributed by atoms with Crippen molar-refractivity contribution in [2.24, 2.45) is 11.3 Å². The maximum Gasteiger partial charge on any atom is 0.127 e. The van der Waals surface area contributed by atoms with Gasteiger partial charge in [0.05, 0.1) is 6.10 Å². The smallest absolute Gasteiger partial charge is 0.127 e. The Hall–Kier alpha value is -2.39. The number of hydrogen-bond donors (Lipinski definition) is 2. The molecule has 0 bridgehead atoms. The lowest BCUT2D eigenvalue weighted by atomic mass is 9.66. The Kier molecular flexibility index (Phi) is 6.34. The number of hydrogen-bond acceptors (Lipinski definition) is 2. The predicted octanol–water partition coefficient (Wildman–Crippen LogP) is 7.13. The second-order valence-electron chi connectivity index (χ2n) is 9.22. The lowest BCUT2D eigenvalue weighted by Crippen LogP contribution is -2.29. The highest BCUT2D eigenvalue weighted by Crippen LogP contribution is 2.66. The molecule has 1 fully saturated rings. The molecule has 2 aliphatic carbocycles. The first-order chi connectivity index (χ1) is 15.0. The van der Waals surface area contributed by atoms with Crippen LogP contribution in [0.15, 0.2) is 60.7 Å². The lowest BCUT2D eigenvalue weighted by molar-refractivity contribution is 0.120. The van der Waals surface area contributed by atoms with E-state index in [-0.39, 0.29) is 11.7 Å². The highest BCUT2D eigenvalue weighted by Gasteiger charge is 2.56. The molecule has 1 saturated carbocycles. The molecule has 2 aliphatic rings. The molecule has 2 aromatic rings. The van der Waals surface area contributed by atoms with Crippen molar-refractivity contribution in [3.05, 3.63) is 77.6 Å². The SMILES string of the molecule is C=C(c1ccccc1)C12CCC(O)C1CC(CCCCCC)=C2c1cc(O)cc(F)c1. The summed E-state index contributed by atoms with van der Waals surface area (Å²) in [7, 11) is 0. The zero-order chi connectivity index (χ0) is 22.0. The van der Waals surface area contributed by atoms with E-state index in [9.17, 15) is 14.6 Å². The molecule has 2 aromatic carbocycles. The van der Waals surface area contributed by atoms with Gasteiger partial charge in [0.15, 0.2) is 0 Å². The molecule has 0 radical (unpaired) electrons. The molecule has 3 heteroatoms. The van der Waals surface area contributed by atoms with Crippen LogP contribution in [0.2, 0.25) is 0 Å². The molecule has 2 N–H and O–H groups in total. The molecule has 0 aliphatic heterocycles. The van der Waals surface area contributed by atoms with Gasteiger partial charge >= 0.3 is 0 Å². The average molecular weight is 421 g/mol. The van der Waals surface area contributed by atoms with Crippen LogP contribution in [0.3, 0.4) is 0 Å². The predicted molar refractivity (Wildman–Crippen MR) is 125 cm³/mol. The standard InChI is InChI=1S/C28H33FO2/c1-3-4-5-7-12-21-17-25-26(31)13-14-28(25,19(2)20-10-8-6-9-11-20)27(21)22-15-23(29)18-24(30)16-22/h6,8-11,15-16,18,25-26,30-31H,2-5,7,12-14,17H2,1H3. The van der Waals surface area contributed by atoms with Gasteiger partial charge in [0.2, 0.25) is 0 Å². The number of rotatable bonds is 8. The van der Waals surface area contributed by atoms with E-state index in [1.165, 1.54) is 30.9 Å². The number of fused-ring (bicyclic) bond motifs is 1. The van der Waals surface area contributed by atoms with Crippen LogP contribution in [0.4, 0.5) is 4.39 Å². The second kappa shape index (κ2) is 9.00. The minimum atomic E-state index is -0.435. The second-order valence-corrected chi connectivity index (χ2v) is 9.22. The van der Waals surface area contributed by atoms with Crippen molar-refractivity contribution in [1.82, 2.24) is 0 Å². The van der Waals surface area contributed by atoms with Crippen LogP contribution < -0.4 is 0 Å². The van der Waals surface area contributed by atoms with Crippen molar-refractivity contribution >= 4 is 11.1 Å². The van der Waals surface area contributed by atoms with Crippen LogP contribution in [-0.4, -0.2) is 16.3 Å². The summed E-state index contributed by atoms with van der Waals surface area (Å²) >= 11 is 0. The lowest BCUT2D eigenvalue weighted by Gasteiger charge is -2.37. The zero-order valence-electron chi connectivity index (χ0n) is 18.4. The molecule has 0 heterocycles. The van der Waals surface area contributed by atoms with Gasteiger partial charge in [-0.05, 0) is 66.5 Å². The van der Waals surface area contributed by atoms with Gasteiger partial charge in [0, 0.05) is 17.4 Å². The van der Waals surface area contributed by atoms with Crippen molar-refractivity contribution < 1.29 is 14.6 Å². The third-order valence-corrected chi connectivity index (χ3v) is 7.36. The van der Waals surface area contributed by atoms with Gasteiger partial charge in [0.25, 0.3) is 0 Å². The molecule has 4 rings (SSSR count). The Balaban J connectivity index is 1.85. The van der Waals surface area contributed by atoms with Gasteiger partial charge < -0.3 is 10.2 Å². The van der Waals surface area contributed by atoms with Crippen molar-refractivity contribution in [3.8, 4) is 5.75 Å². The van der Waals surface area contributed by atoms with E-state index < -0.39 is 17.3 Å². The van der Waals surface area contributed by atoms with Gasteiger partial charge in [0.1, 0.15) is 11.6 Å². The third kappa shape index (κ3) is 3.96. The molecule has 0 saturated heterocycles.